The van der Waals surface area contributed by atoms with Crippen molar-refractivity contribution in [2.45, 2.75) is 20.8 Å². The van der Waals surface area contributed by atoms with Crippen LogP contribution in [-0.4, -0.2) is 10.9 Å². The molecule has 2 rings (SSSR count). The number of pyridine rings is 1. The second-order valence-corrected chi connectivity index (χ2v) is 5.43. The van der Waals surface area contributed by atoms with E-state index in [2.05, 4.69) is 26.2 Å². The summed E-state index contributed by atoms with van der Waals surface area (Å²) >= 11 is 3.49. The molecule has 1 aromatic heterocycles. The quantitative estimate of drug-likeness (QED) is 0.908. The van der Waals surface area contributed by atoms with Gasteiger partial charge in [-0.25, -0.2) is 0 Å². The number of rotatable bonds is 2. The molecule has 19 heavy (non-hydrogen) atoms. The molecule has 0 aliphatic rings. The summed E-state index contributed by atoms with van der Waals surface area (Å²) in [5.41, 5.74) is 4.44. The predicted octanol–water partition coefficient (Wildman–Crippen LogP) is 4.02. The fourth-order valence-corrected chi connectivity index (χ4v) is 2.72. The lowest BCUT2D eigenvalue weighted by Gasteiger charge is -2.12. The monoisotopic (exact) mass is 318 g/mol. The Labute approximate surface area is 121 Å². The third kappa shape index (κ3) is 3.20. The highest BCUT2D eigenvalue weighted by molar-refractivity contribution is 9.10. The van der Waals surface area contributed by atoms with Crippen LogP contribution in [0.4, 0.5) is 5.69 Å². The lowest BCUT2D eigenvalue weighted by Crippen LogP contribution is -2.13. The zero-order chi connectivity index (χ0) is 14.0. The van der Waals surface area contributed by atoms with Crippen LogP contribution in [0.25, 0.3) is 0 Å². The Bertz CT molecular complexity index is 615. The summed E-state index contributed by atoms with van der Waals surface area (Å²) in [5, 5.41) is 2.94. The number of hydrogen-bond donors (Lipinski definition) is 1. The summed E-state index contributed by atoms with van der Waals surface area (Å²) in [6, 6.07) is 7.51. The number of aromatic nitrogens is 1. The number of anilines is 1. The van der Waals surface area contributed by atoms with Crippen molar-refractivity contribution in [3.63, 3.8) is 0 Å². The van der Waals surface area contributed by atoms with Crippen molar-refractivity contribution in [3.05, 3.63) is 57.3 Å². The first kappa shape index (κ1) is 13.7. The summed E-state index contributed by atoms with van der Waals surface area (Å²) in [4.78, 5) is 16.3. The Balaban J connectivity index is 2.29. The van der Waals surface area contributed by atoms with Crippen LogP contribution in [0.2, 0.25) is 0 Å². The van der Waals surface area contributed by atoms with Crippen molar-refractivity contribution in [2.75, 3.05) is 5.32 Å². The van der Waals surface area contributed by atoms with Gasteiger partial charge >= 0.3 is 0 Å². The van der Waals surface area contributed by atoms with E-state index in [0.717, 1.165) is 27.0 Å². The molecule has 0 radical (unpaired) electrons. The summed E-state index contributed by atoms with van der Waals surface area (Å²) in [7, 11) is 0. The van der Waals surface area contributed by atoms with Crippen molar-refractivity contribution < 1.29 is 4.79 Å². The van der Waals surface area contributed by atoms with E-state index in [4.69, 9.17) is 0 Å². The Morgan fingerprint density at radius 2 is 1.95 bits per heavy atom. The van der Waals surface area contributed by atoms with Crippen molar-refractivity contribution in [1.82, 2.24) is 4.98 Å². The maximum atomic E-state index is 12.2. The molecule has 1 aromatic carbocycles. The maximum Gasteiger partial charge on any atom is 0.255 e. The zero-order valence-corrected chi connectivity index (χ0v) is 12.7. The second-order valence-electron chi connectivity index (χ2n) is 4.58. The van der Waals surface area contributed by atoms with Crippen molar-refractivity contribution in [3.8, 4) is 0 Å². The number of amides is 1. The molecule has 0 bridgehead atoms. The highest BCUT2D eigenvalue weighted by Gasteiger charge is 2.11. The fourth-order valence-electron chi connectivity index (χ4n) is 1.95. The Kier molecular flexibility index (Phi) is 4.00. The van der Waals surface area contributed by atoms with E-state index in [1.54, 1.807) is 18.3 Å². The van der Waals surface area contributed by atoms with Gasteiger partial charge in [-0.15, -0.1) is 0 Å². The van der Waals surface area contributed by atoms with Gasteiger partial charge in [0.1, 0.15) is 0 Å². The SMILES string of the molecule is Cc1cc(C)c(NC(=O)c2ccnc(C)c2)c(Br)c1. The first-order chi connectivity index (χ1) is 8.97. The molecule has 98 valence electrons. The number of carbonyl (C=O) groups excluding carboxylic acids is 1. The highest BCUT2D eigenvalue weighted by Crippen LogP contribution is 2.28. The number of nitrogens with one attached hydrogen (secondary N) is 1. The summed E-state index contributed by atoms with van der Waals surface area (Å²) in [6.07, 6.45) is 1.64. The van der Waals surface area contributed by atoms with Gasteiger partial charge in [0.05, 0.1) is 5.69 Å². The van der Waals surface area contributed by atoms with Crippen molar-refractivity contribution in [2.24, 2.45) is 0 Å². The van der Waals surface area contributed by atoms with Gasteiger partial charge < -0.3 is 5.32 Å². The summed E-state index contributed by atoms with van der Waals surface area (Å²) in [5.74, 6) is -0.127. The van der Waals surface area contributed by atoms with Crippen molar-refractivity contribution >= 4 is 27.5 Å². The molecule has 0 saturated carbocycles. The molecule has 1 heterocycles. The van der Waals surface area contributed by atoms with E-state index in [-0.39, 0.29) is 5.91 Å². The largest absolute Gasteiger partial charge is 0.321 e. The van der Waals surface area contributed by atoms with Crippen LogP contribution in [0, 0.1) is 20.8 Å². The van der Waals surface area contributed by atoms with E-state index in [9.17, 15) is 4.79 Å². The van der Waals surface area contributed by atoms with Gasteiger partial charge in [0.15, 0.2) is 0 Å². The topological polar surface area (TPSA) is 42.0 Å². The first-order valence-corrected chi connectivity index (χ1v) is 6.77. The van der Waals surface area contributed by atoms with Crippen LogP contribution in [0.1, 0.15) is 27.2 Å². The molecular weight excluding hydrogens is 304 g/mol. The summed E-state index contributed by atoms with van der Waals surface area (Å²) < 4.78 is 0.893. The van der Waals surface area contributed by atoms with Crippen LogP contribution >= 0.6 is 15.9 Å². The molecular formula is C15H15BrN2O. The standard InChI is InChI=1S/C15H15BrN2O/c1-9-6-10(2)14(13(16)7-9)18-15(19)12-4-5-17-11(3)8-12/h4-8H,1-3H3,(H,18,19). The smallest absolute Gasteiger partial charge is 0.255 e. The zero-order valence-electron chi connectivity index (χ0n) is 11.1. The van der Waals surface area contributed by atoms with Gasteiger partial charge in [0.25, 0.3) is 5.91 Å². The Hall–Kier alpha value is -1.68. The predicted molar refractivity (Wildman–Crippen MR) is 80.5 cm³/mol. The molecule has 1 amide bonds. The number of benzene rings is 1. The third-order valence-electron chi connectivity index (χ3n) is 2.83. The van der Waals surface area contributed by atoms with Gasteiger partial charge in [0.2, 0.25) is 0 Å². The molecule has 0 saturated heterocycles. The average molecular weight is 319 g/mol. The van der Waals surface area contributed by atoms with E-state index >= 15 is 0 Å². The number of hydrogen-bond acceptors (Lipinski definition) is 2. The number of halogens is 1. The first-order valence-electron chi connectivity index (χ1n) is 5.98. The van der Waals surface area contributed by atoms with Gasteiger partial charge in [0, 0.05) is 21.9 Å². The minimum atomic E-state index is -0.127. The third-order valence-corrected chi connectivity index (χ3v) is 3.45. The highest BCUT2D eigenvalue weighted by atomic mass is 79.9. The van der Waals surface area contributed by atoms with Gasteiger partial charge in [-0.3, -0.25) is 9.78 Å². The van der Waals surface area contributed by atoms with E-state index in [1.807, 2.05) is 32.9 Å². The molecule has 3 nitrogen and oxygen atoms in total. The minimum Gasteiger partial charge on any atom is -0.321 e. The average Bonchev–Trinajstić information content (AvgIpc) is 2.33. The van der Waals surface area contributed by atoms with Gasteiger partial charge in [-0.1, -0.05) is 6.07 Å². The van der Waals surface area contributed by atoms with Crippen LogP contribution in [0.15, 0.2) is 34.9 Å². The number of carbonyl (C=O) groups is 1. The van der Waals surface area contributed by atoms with Crippen LogP contribution in [0.5, 0.6) is 0 Å². The molecule has 0 unspecified atom stereocenters. The molecule has 0 fully saturated rings. The van der Waals surface area contributed by atoms with Crippen LogP contribution in [-0.2, 0) is 0 Å². The lowest BCUT2D eigenvalue weighted by molar-refractivity contribution is 0.102. The molecule has 0 atom stereocenters. The van der Waals surface area contributed by atoms with Crippen LogP contribution < -0.4 is 5.32 Å². The normalized spacial score (nSPS) is 10.3. The van der Waals surface area contributed by atoms with Crippen molar-refractivity contribution in [1.29, 1.82) is 0 Å². The van der Waals surface area contributed by atoms with Crippen LogP contribution in [0.3, 0.4) is 0 Å². The molecule has 0 aliphatic carbocycles. The Morgan fingerprint density at radius 3 is 2.58 bits per heavy atom. The minimum absolute atomic E-state index is 0.127. The van der Waals surface area contributed by atoms with E-state index in [0.29, 0.717) is 5.56 Å². The maximum absolute atomic E-state index is 12.2. The molecule has 0 spiro atoms. The van der Waals surface area contributed by atoms with E-state index in [1.165, 1.54) is 0 Å². The number of aryl methyl sites for hydroxylation is 3. The molecule has 2 aromatic rings. The molecule has 1 N–H and O–H groups in total. The molecule has 4 heteroatoms. The van der Waals surface area contributed by atoms with Gasteiger partial charge in [-0.05, 0) is 66.0 Å². The second kappa shape index (κ2) is 5.53. The summed E-state index contributed by atoms with van der Waals surface area (Å²) in [6.45, 7) is 5.87. The molecule has 0 aliphatic heterocycles. The Morgan fingerprint density at radius 1 is 1.21 bits per heavy atom. The van der Waals surface area contributed by atoms with Gasteiger partial charge in [-0.2, -0.15) is 0 Å². The lowest BCUT2D eigenvalue weighted by atomic mass is 10.1. The van der Waals surface area contributed by atoms with E-state index < -0.39 is 0 Å². The number of nitrogens with zero attached hydrogens (tertiary/aromatic N) is 1. The fraction of sp³-hybridized carbons (Fsp3) is 0.200.